The third kappa shape index (κ3) is 5.09. The highest BCUT2D eigenvalue weighted by Crippen LogP contribution is 2.43. The lowest BCUT2D eigenvalue weighted by Gasteiger charge is -2.29. The maximum absolute atomic E-state index is 12.1. The van der Waals surface area contributed by atoms with E-state index in [0.29, 0.717) is 10.1 Å². The summed E-state index contributed by atoms with van der Waals surface area (Å²) in [5.41, 5.74) is 5.41. The van der Waals surface area contributed by atoms with Gasteiger partial charge in [0.05, 0.1) is 11.7 Å². The molecule has 2 atom stereocenters. The average molecular weight is 532 g/mol. The van der Waals surface area contributed by atoms with Gasteiger partial charge in [0.15, 0.2) is 5.11 Å². The van der Waals surface area contributed by atoms with Gasteiger partial charge in [-0.3, -0.25) is 9.78 Å². The lowest BCUT2D eigenvalue weighted by Crippen LogP contribution is -2.30. The van der Waals surface area contributed by atoms with Crippen molar-refractivity contribution in [2.45, 2.75) is 19.0 Å². The van der Waals surface area contributed by atoms with E-state index in [4.69, 9.17) is 28.6 Å². The van der Waals surface area contributed by atoms with Crippen molar-refractivity contribution < 1.29 is 9.53 Å². The molecular weight excluding hydrogens is 506 g/mol. The predicted molar refractivity (Wildman–Crippen MR) is 150 cm³/mol. The van der Waals surface area contributed by atoms with E-state index in [-0.39, 0.29) is 24.6 Å². The number of carbonyl (C=O) groups excluding carboxylic acids is 1. The monoisotopic (exact) mass is 531 g/mol. The first kappa shape index (κ1) is 25.0. The molecule has 7 nitrogen and oxygen atoms in total. The first-order chi connectivity index (χ1) is 18.0. The molecule has 0 spiro atoms. The molecule has 0 aliphatic carbocycles. The highest BCUT2D eigenvalue weighted by Gasteiger charge is 2.42. The number of hydrogen-bond donors (Lipinski definition) is 2. The number of aryl methyl sites for hydroxylation is 1. The first-order valence-corrected chi connectivity index (χ1v) is 12.6. The third-order valence-electron chi connectivity index (χ3n) is 6.31. The zero-order valence-electron chi connectivity index (χ0n) is 20.4. The Labute approximate surface area is 226 Å². The van der Waals surface area contributed by atoms with E-state index in [1.807, 2.05) is 79.9 Å². The number of thiocarbonyl (C=S) groups is 1. The molecule has 37 heavy (non-hydrogen) atoms. The highest BCUT2D eigenvalue weighted by molar-refractivity contribution is 7.80. The number of aromatic nitrogens is 2. The second-order valence-electron chi connectivity index (χ2n) is 8.76. The Bertz CT molecular complexity index is 1440. The van der Waals surface area contributed by atoms with Gasteiger partial charge in [-0.05, 0) is 85.4 Å². The summed E-state index contributed by atoms with van der Waals surface area (Å²) in [4.78, 5) is 18.8. The number of anilines is 2. The Morgan fingerprint density at radius 1 is 1.11 bits per heavy atom. The summed E-state index contributed by atoms with van der Waals surface area (Å²) in [6.07, 6.45) is 3.81. The normalized spacial score (nSPS) is 17.1. The van der Waals surface area contributed by atoms with Crippen LogP contribution in [0.3, 0.4) is 0 Å². The van der Waals surface area contributed by atoms with E-state index in [2.05, 4.69) is 31.2 Å². The minimum Gasteiger partial charge on any atom is -0.375 e. The molecule has 1 aliphatic heterocycles. The van der Waals surface area contributed by atoms with Gasteiger partial charge in [0.2, 0.25) is 5.91 Å². The fourth-order valence-electron chi connectivity index (χ4n) is 4.68. The van der Waals surface area contributed by atoms with Crippen molar-refractivity contribution in [2.75, 3.05) is 23.9 Å². The Morgan fingerprint density at radius 2 is 1.97 bits per heavy atom. The molecule has 0 radical (unpaired) electrons. The first-order valence-electron chi connectivity index (χ1n) is 11.8. The fourth-order valence-corrected chi connectivity index (χ4v) is 5.22. The van der Waals surface area contributed by atoms with E-state index in [1.54, 1.807) is 6.20 Å². The lowest BCUT2D eigenvalue weighted by molar-refractivity contribution is -0.119. The topological polar surface area (TPSA) is 71.4 Å². The highest BCUT2D eigenvalue weighted by atomic mass is 35.5. The maximum atomic E-state index is 12.1. The summed E-state index contributed by atoms with van der Waals surface area (Å²) in [6.45, 7) is 1.95. The largest absolute Gasteiger partial charge is 0.375 e. The average Bonchev–Trinajstić information content (AvgIpc) is 3.50. The van der Waals surface area contributed by atoms with Crippen LogP contribution in [0.4, 0.5) is 11.4 Å². The van der Waals surface area contributed by atoms with Gasteiger partial charge < -0.3 is 24.8 Å². The van der Waals surface area contributed by atoms with Crippen LogP contribution in [0, 0.1) is 6.92 Å². The lowest BCUT2D eigenvalue weighted by atomic mass is 10.00. The van der Waals surface area contributed by atoms with Crippen LogP contribution in [-0.4, -0.2) is 34.3 Å². The number of hydrogen-bond acceptors (Lipinski definition) is 4. The molecular formula is C28H26ClN5O2S. The van der Waals surface area contributed by atoms with Gasteiger partial charge in [-0.2, -0.15) is 0 Å². The number of halogens is 1. The van der Waals surface area contributed by atoms with E-state index in [1.165, 1.54) is 7.11 Å². The van der Waals surface area contributed by atoms with Gasteiger partial charge >= 0.3 is 0 Å². The van der Waals surface area contributed by atoms with Crippen LogP contribution in [-0.2, 0) is 9.53 Å². The zero-order chi connectivity index (χ0) is 25.9. The molecule has 3 heterocycles. The van der Waals surface area contributed by atoms with Crippen LogP contribution < -0.4 is 15.5 Å². The van der Waals surface area contributed by atoms with E-state index in [0.717, 1.165) is 34.0 Å². The standard InChI is InChI=1S/C28H26ClN5O2S/c1-18-15-21(11-12-22(18)31-25(35)17-36-2)34-27(26(32-28(34)37)23-9-3-4-13-30-23)24-10-6-14-33(24)20-8-5-7-19(29)16-20/h3-16,26-27H,17H2,1-2H3,(H,31,35)(H,32,37)/t26-,27+/m0/s1. The van der Waals surface area contributed by atoms with Crippen molar-refractivity contribution in [1.82, 2.24) is 14.9 Å². The molecule has 1 amide bonds. The minimum absolute atomic E-state index is 0.00432. The molecule has 1 aliphatic rings. The van der Waals surface area contributed by atoms with Gasteiger partial charge in [-0.25, -0.2) is 0 Å². The number of amides is 1. The molecule has 0 unspecified atom stereocenters. The minimum atomic E-state index is -0.204. The number of nitrogens with one attached hydrogen (secondary N) is 2. The van der Waals surface area contributed by atoms with Gasteiger partial charge in [0.25, 0.3) is 0 Å². The van der Waals surface area contributed by atoms with Gasteiger partial charge in [0.1, 0.15) is 12.6 Å². The number of rotatable bonds is 7. The van der Waals surface area contributed by atoms with Crippen molar-refractivity contribution in [3.63, 3.8) is 0 Å². The van der Waals surface area contributed by atoms with Gasteiger partial charge in [-0.15, -0.1) is 0 Å². The molecule has 4 aromatic rings. The van der Waals surface area contributed by atoms with Crippen LogP contribution in [0.15, 0.2) is 85.2 Å². The van der Waals surface area contributed by atoms with Crippen molar-refractivity contribution in [3.8, 4) is 5.69 Å². The van der Waals surface area contributed by atoms with Crippen LogP contribution in [0.5, 0.6) is 0 Å². The summed E-state index contributed by atoms with van der Waals surface area (Å²) in [5.74, 6) is -0.204. The zero-order valence-corrected chi connectivity index (χ0v) is 22.0. The SMILES string of the molecule is COCC(=O)Nc1ccc(N2C(=S)N[C@@H](c3ccccn3)[C@H]2c2cccn2-c2cccc(Cl)c2)cc1C. The fraction of sp³-hybridized carbons (Fsp3) is 0.179. The van der Waals surface area contributed by atoms with Crippen molar-refractivity contribution in [3.05, 3.63) is 107 Å². The van der Waals surface area contributed by atoms with Gasteiger partial charge in [0, 0.05) is 47.3 Å². The smallest absolute Gasteiger partial charge is 0.250 e. The predicted octanol–water partition coefficient (Wildman–Crippen LogP) is 5.60. The second kappa shape index (κ2) is 10.7. The third-order valence-corrected chi connectivity index (χ3v) is 6.86. The van der Waals surface area contributed by atoms with Crippen molar-refractivity contribution >= 4 is 46.2 Å². The van der Waals surface area contributed by atoms with Crippen molar-refractivity contribution in [2.24, 2.45) is 0 Å². The molecule has 5 rings (SSSR count). The second-order valence-corrected chi connectivity index (χ2v) is 9.58. The number of pyridine rings is 1. The molecule has 2 N–H and O–H groups in total. The van der Waals surface area contributed by atoms with Gasteiger partial charge in [-0.1, -0.05) is 23.7 Å². The molecule has 0 bridgehead atoms. The summed E-state index contributed by atoms with van der Waals surface area (Å²) in [6, 6.07) is 23.2. The molecule has 188 valence electrons. The van der Waals surface area contributed by atoms with E-state index >= 15 is 0 Å². The number of ether oxygens (including phenoxy) is 1. The van der Waals surface area contributed by atoms with Crippen LogP contribution in [0.25, 0.3) is 5.69 Å². The quantitative estimate of drug-likeness (QED) is 0.303. The molecule has 9 heteroatoms. The Morgan fingerprint density at radius 3 is 2.70 bits per heavy atom. The molecule has 2 aromatic heterocycles. The Hall–Kier alpha value is -3.72. The number of benzene rings is 2. The van der Waals surface area contributed by atoms with Crippen LogP contribution >= 0.6 is 23.8 Å². The summed E-state index contributed by atoms with van der Waals surface area (Å²) in [5, 5.41) is 7.65. The Kier molecular flexibility index (Phi) is 7.23. The Balaban J connectivity index is 1.59. The number of methoxy groups -OCH3 is 1. The van der Waals surface area contributed by atoms with Crippen LogP contribution in [0.2, 0.25) is 5.02 Å². The summed E-state index contributed by atoms with van der Waals surface area (Å²) >= 11 is 12.2. The van der Waals surface area contributed by atoms with E-state index < -0.39 is 0 Å². The maximum Gasteiger partial charge on any atom is 0.250 e. The molecule has 1 fully saturated rings. The number of carbonyl (C=O) groups is 1. The van der Waals surface area contributed by atoms with Crippen LogP contribution in [0.1, 0.15) is 29.0 Å². The van der Waals surface area contributed by atoms with E-state index in [9.17, 15) is 4.79 Å². The molecule has 0 saturated carbocycles. The molecule has 1 saturated heterocycles. The number of nitrogens with zero attached hydrogens (tertiary/aromatic N) is 3. The summed E-state index contributed by atoms with van der Waals surface area (Å²) < 4.78 is 7.06. The summed E-state index contributed by atoms with van der Waals surface area (Å²) in [7, 11) is 1.49. The van der Waals surface area contributed by atoms with Crippen molar-refractivity contribution in [1.29, 1.82) is 0 Å². The molecule has 2 aromatic carbocycles.